The first kappa shape index (κ1) is 13.0. The van der Waals surface area contributed by atoms with E-state index in [1.807, 2.05) is 11.6 Å². The number of nitrogens with two attached hydrogens (primary N) is 1. The van der Waals surface area contributed by atoms with Gasteiger partial charge in [0, 0.05) is 13.0 Å². The highest BCUT2D eigenvalue weighted by atomic mass is 35.5. The van der Waals surface area contributed by atoms with Crippen LogP contribution in [0.2, 0.25) is 5.02 Å². The summed E-state index contributed by atoms with van der Waals surface area (Å²) in [4.78, 5) is 10.8. The summed E-state index contributed by atoms with van der Waals surface area (Å²) in [7, 11) is 0. The molecular formula is C10H17ClN4O. The number of hydrogen-bond acceptors (Lipinski definition) is 3. The maximum Gasteiger partial charge on any atom is 0.233 e. The van der Waals surface area contributed by atoms with Crippen LogP contribution in [-0.2, 0) is 11.3 Å². The Hall–Kier alpha value is -1.07. The molecule has 1 rings (SSSR count). The average molecular weight is 245 g/mol. The summed E-state index contributed by atoms with van der Waals surface area (Å²) in [6.07, 6.45) is 4.94. The van der Waals surface area contributed by atoms with E-state index in [0.29, 0.717) is 11.4 Å². The molecule has 0 saturated carbocycles. The SMILES string of the molecule is Cc1c(Cl)cnn1CCCCCC(=O)NN. The second-order valence-corrected chi connectivity index (χ2v) is 4.09. The summed E-state index contributed by atoms with van der Waals surface area (Å²) in [6.45, 7) is 2.78. The standard InChI is InChI=1S/C10H17ClN4O/c1-8-9(11)7-13-15(8)6-4-2-3-5-10(16)14-12/h7H,2-6,12H2,1H3,(H,14,16). The van der Waals surface area contributed by atoms with E-state index in [2.05, 4.69) is 10.5 Å². The second kappa shape index (κ2) is 6.50. The van der Waals surface area contributed by atoms with Crippen LogP contribution in [0.5, 0.6) is 0 Å². The van der Waals surface area contributed by atoms with E-state index < -0.39 is 0 Å². The van der Waals surface area contributed by atoms with Crippen molar-refractivity contribution in [2.24, 2.45) is 5.84 Å². The van der Waals surface area contributed by atoms with Gasteiger partial charge in [0.05, 0.1) is 16.9 Å². The van der Waals surface area contributed by atoms with Gasteiger partial charge in [0.25, 0.3) is 0 Å². The van der Waals surface area contributed by atoms with Gasteiger partial charge in [-0.15, -0.1) is 0 Å². The molecule has 0 fully saturated rings. The number of rotatable bonds is 6. The first-order chi connectivity index (χ1) is 7.65. The van der Waals surface area contributed by atoms with Crippen molar-refractivity contribution in [3.63, 3.8) is 0 Å². The van der Waals surface area contributed by atoms with Gasteiger partial charge in [-0.3, -0.25) is 14.9 Å². The van der Waals surface area contributed by atoms with Crippen LogP contribution in [0.3, 0.4) is 0 Å². The van der Waals surface area contributed by atoms with Crippen molar-refractivity contribution in [3.05, 3.63) is 16.9 Å². The molecule has 5 nitrogen and oxygen atoms in total. The number of hydrogen-bond donors (Lipinski definition) is 2. The topological polar surface area (TPSA) is 72.9 Å². The molecule has 0 aliphatic heterocycles. The first-order valence-corrected chi connectivity index (χ1v) is 5.70. The zero-order valence-corrected chi connectivity index (χ0v) is 10.1. The van der Waals surface area contributed by atoms with Crippen LogP contribution < -0.4 is 11.3 Å². The molecule has 1 aromatic heterocycles. The Morgan fingerprint density at radius 1 is 1.56 bits per heavy atom. The molecule has 3 N–H and O–H groups in total. The lowest BCUT2D eigenvalue weighted by Crippen LogP contribution is -2.29. The van der Waals surface area contributed by atoms with Crippen LogP contribution in [0.25, 0.3) is 0 Å². The summed E-state index contributed by atoms with van der Waals surface area (Å²) >= 11 is 5.88. The number of nitrogens with zero attached hydrogens (tertiary/aromatic N) is 2. The fourth-order valence-corrected chi connectivity index (χ4v) is 1.59. The van der Waals surface area contributed by atoms with Crippen LogP contribution >= 0.6 is 11.6 Å². The van der Waals surface area contributed by atoms with Gasteiger partial charge in [0.2, 0.25) is 5.91 Å². The summed E-state index contributed by atoms with van der Waals surface area (Å²) in [5, 5.41) is 4.85. The Kier molecular flexibility index (Phi) is 5.28. The predicted octanol–water partition coefficient (Wildman–Crippen LogP) is 1.40. The van der Waals surface area contributed by atoms with Gasteiger partial charge in [-0.25, -0.2) is 5.84 Å². The van der Waals surface area contributed by atoms with Gasteiger partial charge in [-0.1, -0.05) is 18.0 Å². The highest BCUT2D eigenvalue weighted by Gasteiger charge is 2.03. The van der Waals surface area contributed by atoms with Crippen LogP contribution in [0.15, 0.2) is 6.20 Å². The Morgan fingerprint density at radius 3 is 2.88 bits per heavy atom. The van der Waals surface area contributed by atoms with Crippen LogP contribution in [0.1, 0.15) is 31.4 Å². The minimum atomic E-state index is -0.113. The molecule has 90 valence electrons. The van der Waals surface area contributed by atoms with Crippen LogP contribution in [0, 0.1) is 6.92 Å². The maximum absolute atomic E-state index is 10.8. The Balaban J connectivity index is 2.16. The van der Waals surface area contributed by atoms with Crippen molar-refractivity contribution >= 4 is 17.5 Å². The number of carbonyl (C=O) groups excluding carboxylic acids is 1. The number of unbranched alkanes of at least 4 members (excludes halogenated alkanes) is 2. The molecule has 0 bridgehead atoms. The number of aryl methyl sites for hydroxylation is 1. The summed E-state index contributed by atoms with van der Waals surface area (Å²) in [6, 6.07) is 0. The second-order valence-electron chi connectivity index (χ2n) is 3.68. The summed E-state index contributed by atoms with van der Waals surface area (Å²) < 4.78 is 1.88. The third-order valence-corrected chi connectivity index (χ3v) is 2.85. The molecule has 0 spiro atoms. The molecule has 1 amide bonds. The molecule has 0 saturated heterocycles. The minimum absolute atomic E-state index is 0.113. The molecule has 1 aromatic rings. The van der Waals surface area contributed by atoms with E-state index in [-0.39, 0.29) is 5.91 Å². The summed E-state index contributed by atoms with van der Waals surface area (Å²) in [5.74, 6) is 4.86. The van der Waals surface area contributed by atoms with Gasteiger partial charge < -0.3 is 0 Å². The van der Waals surface area contributed by atoms with E-state index in [0.717, 1.165) is 31.5 Å². The molecule has 0 unspecified atom stereocenters. The Morgan fingerprint density at radius 2 is 2.31 bits per heavy atom. The van der Waals surface area contributed by atoms with Crippen LogP contribution in [0.4, 0.5) is 0 Å². The number of hydrazine groups is 1. The van der Waals surface area contributed by atoms with Crippen molar-refractivity contribution in [1.82, 2.24) is 15.2 Å². The molecular weight excluding hydrogens is 228 g/mol. The van der Waals surface area contributed by atoms with E-state index in [4.69, 9.17) is 17.4 Å². The quantitative estimate of drug-likeness (QED) is 0.344. The lowest BCUT2D eigenvalue weighted by atomic mass is 10.2. The summed E-state index contributed by atoms with van der Waals surface area (Å²) in [5.41, 5.74) is 3.10. The number of nitrogens with one attached hydrogen (secondary N) is 1. The van der Waals surface area contributed by atoms with Gasteiger partial charge in [0.15, 0.2) is 0 Å². The molecule has 1 heterocycles. The average Bonchev–Trinajstić information content (AvgIpc) is 2.60. The van der Waals surface area contributed by atoms with Gasteiger partial charge in [-0.2, -0.15) is 5.10 Å². The zero-order chi connectivity index (χ0) is 12.0. The monoisotopic (exact) mass is 244 g/mol. The third kappa shape index (κ3) is 3.83. The smallest absolute Gasteiger partial charge is 0.233 e. The van der Waals surface area contributed by atoms with Crippen molar-refractivity contribution in [1.29, 1.82) is 0 Å². The number of carbonyl (C=O) groups is 1. The first-order valence-electron chi connectivity index (χ1n) is 5.32. The predicted molar refractivity (Wildman–Crippen MR) is 62.8 cm³/mol. The normalized spacial score (nSPS) is 10.4. The molecule has 16 heavy (non-hydrogen) atoms. The van der Waals surface area contributed by atoms with Crippen molar-refractivity contribution in [3.8, 4) is 0 Å². The van der Waals surface area contributed by atoms with Gasteiger partial charge >= 0.3 is 0 Å². The van der Waals surface area contributed by atoms with Crippen LogP contribution in [-0.4, -0.2) is 15.7 Å². The highest BCUT2D eigenvalue weighted by molar-refractivity contribution is 6.31. The lowest BCUT2D eigenvalue weighted by Gasteiger charge is -2.04. The Bertz CT molecular complexity index is 351. The molecule has 6 heteroatoms. The van der Waals surface area contributed by atoms with E-state index in [1.54, 1.807) is 6.20 Å². The van der Waals surface area contributed by atoms with Crippen molar-refractivity contribution in [2.75, 3.05) is 0 Å². The number of amides is 1. The number of halogens is 1. The lowest BCUT2D eigenvalue weighted by molar-refractivity contribution is -0.121. The zero-order valence-electron chi connectivity index (χ0n) is 9.37. The van der Waals surface area contributed by atoms with Gasteiger partial charge in [-0.05, 0) is 19.8 Å². The largest absolute Gasteiger partial charge is 0.294 e. The maximum atomic E-state index is 10.8. The van der Waals surface area contributed by atoms with E-state index >= 15 is 0 Å². The highest BCUT2D eigenvalue weighted by Crippen LogP contribution is 2.14. The molecule has 0 radical (unpaired) electrons. The fourth-order valence-electron chi connectivity index (χ4n) is 1.45. The fraction of sp³-hybridized carbons (Fsp3) is 0.600. The minimum Gasteiger partial charge on any atom is -0.294 e. The van der Waals surface area contributed by atoms with E-state index in [1.165, 1.54) is 0 Å². The third-order valence-electron chi connectivity index (χ3n) is 2.48. The Labute approximate surface area is 99.9 Å². The van der Waals surface area contributed by atoms with E-state index in [9.17, 15) is 4.79 Å². The molecule has 0 atom stereocenters. The number of aromatic nitrogens is 2. The van der Waals surface area contributed by atoms with Crippen molar-refractivity contribution in [2.45, 2.75) is 39.2 Å². The van der Waals surface area contributed by atoms with Crippen molar-refractivity contribution < 1.29 is 4.79 Å². The molecule has 0 aliphatic carbocycles. The molecule has 0 aromatic carbocycles. The molecule has 0 aliphatic rings. The van der Waals surface area contributed by atoms with Gasteiger partial charge in [0.1, 0.15) is 0 Å².